The topological polar surface area (TPSA) is 213 Å². The molecule has 1 saturated carbocycles. The summed E-state index contributed by atoms with van der Waals surface area (Å²) in [6, 6.07) is 10.8. The second-order valence-electron chi connectivity index (χ2n) is 10.8. The number of carbonyl (C=O) groups is 3. The Hall–Kier alpha value is -4.48. The van der Waals surface area contributed by atoms with Gasteiger partial charge in [0.2, 0.25) is 17.7 Å². The first kappa shape index (κ1) is 32.0. The third kappa shape index (κ3) is 9.57. The molecule has 2 aromatic carbocycles. The Balaban J connectivity index is 1.83. The number of primary amides is 1. The lowest BCUT2D eigenvalue weighted by molar-refractivity contribution is -0.133. The first-order chi connectivity index (χ1) is 20.0. The number of benzene rings is 2. The average molecular weight is 581 g/mol. The highest BCUT2D eigenvalue weighted by molar-refractivity contribution is 5.95. The Morgan fingerprint density at radius 3 is 2.21 bits per heavy atom. The molecule has 0 radical (unpaired) electrons. The molecule has 1 aliphatic carbocycles. The van der Waals surface area contributed by atoms with Crippen LogP contribution in [0.25, 0.3) is 0 Å². The highest BCUT2D eigenvalue weighted by Crippen LogP contribution is 2.29. The Kier molecular flexibility index (Phi) is 11.8. The van der Waals surface area contributed by atoms with E-state index in [-0.39, 0.29) is 30.6 Å². The molecule has 1 fully saturated rings. The third-order valence-electron chi connectivity index (χ3n) is 7.62. The maximum absolute atomic E-state index is 14.2. The fraction of sp³-hybridized carbons (Fsp3) is 0.433. The molecule has 1 aliphatic rings. The van der Waals surface area contributed by atoms with Gasteiger partial charge in [-0.3, -0.25) is 25.2 Å². The van der Waals surface area contributed by atoms with E-state index in [0.717, 1.165) is 37.7 Å². The molecule has 0 saturated heterocycles. The summed E-state index contributed by atoms with van der Waals surface area (Å²) in [5, 5.41) is 23.2. The molecule has 0 heterocycles. The summed E-state index contributed by atoms with van der Waals surface area (Å²) in [4.78, 5) is 39.7. The van der Waals surface area contributed by atoms with Crippen molar-refractivity contribution in [1.82, 2.24) is 16.0 Å². The molecular formula is C30H41FN8O3. The number of nitrogens with two attached hydrogens (primary N) is 3. The third-order valence-corrected chi connectivity index (χ3v) is 7.62. The van der Waals surface area contributed by atoms with Crippen molar-refractivity contribution in [3.63, 3.8) is 0 Å². The zero-order valence-electron chi connectivity index (χ0n) is 23.6. The predicted molar refractivity (Wildman–Crippen MR) is 159 cm³/mol. The number of hydrogen-bond donors (Lipinski definition) is 8. The Bertz CT molecular complexity index is 1260. The van der Waals surface area contributed by atoms with Gasteiger partial charge in [-0.2, -0.15) is 0 Å². The van der Waals surface area contributed by atoms with Gasteiger partial charge >= 0.3 is 0 Å². The van der Waals surface area contributed by atoms with E-state index >= 15 is 0 Å². The van der Waals surface area contributed by atoms with E-state index in [2.05, 4.69) is 16.0 Å². The maximum atomic E-state index is 14.2. The van der Waals surface area contributed by atoms with Crippen molar-refractivity contribution < 1.29 is 18.8 Å². The molecule has 226 valence electrons. The standard InChI is InChI=1S/C30H41FN8O3/c31-22-9-4-8-21(17-22)23(16-18-11-13-20(14-12-18)26(32)33)28(41)39-25(19-6-2-1-3-7-19)29(42)38-24(27(34)40)10-5-15-37-30(35)36/h4,8-9,11-14,17,19,23-25H,1-3,5-7,10,15-16H2,(H3,32,33)(H2,34,40)(H,38,42)(H,39,41)(H4,35,36,37)/t23-,24?,25-/m0/s1. The van der Waals surface area contributed by atoms with Gasteiger partial charge in [0.25, 0.3) is 0 Å². The first-order valence-electron chi connectivity index (χ1n) is 14.2. The molecule has 1 unspecified atom stereocenters. The number of guanidine groups is 1. The van der Waals surface area contributed by atoms with E-state index in [1.807, 2.05) is 0 Å². The van der Waals surface area contributed by atoms with Crippen molar-refractivity contribution in [2.75, 3.05) is 6.54 Å². The molecule has 42 heavy (non-hydrogen) atoms. The highest BCUT2D eigenvalue weighted by atomic mass is 19.1. The minimum atomic E-state index is -0.965. The molecule has 11 N–H and O–H groups in total. The van der Waals surface area contributed by atoms with E-state index in [1.54, 1.807) is 30.3 Å². The zero-order chi connectivity index (χ0) is 30.6. The summed E-state index contributed by atoms with van der Waals surface area (Å²) in [5.74, 6) is -3.35. The van der Waals surface area contributed by atoms with Crippen molar-refractivity contribution in [1.29, 1.82) is 10.8 Å². The Morgan fingerprint density at radius 1 is 0.929 bits per heavy atom. The van der Waals surface area contributed by atoms with Gasteiger partial charge in [0.15, 0.2) is 5.96 Å². The summed E-state index contributed by atoms with van der Waals surface area (Å²) < 4.78 is 14.2. The Labute approximate surface area is 245 Å². The number of hydrogen-bond acceptors (Lipinski definition) is 5. The van der Waals surface area contributed by atoms with Crippen LogP contribution < -0.4 is 33.2 Å². The van der Waals surface area contributed by atoms with E-state index in [9.17, 15) is 18.8 Å². The van der Waals surface area contributed by atoms with Crippen molar-refractivity contribution in [3.05, 3.63) is 71.0 Å². The molecule has 12 heteroatoms. The second-order valence-corrected chi connectivity index (χ2v) is 10.8. The minimum Gasteiger partial charge on any atom is -0.384 e. The van der Waals surface area contributed by atoms with Crippen LogP contribution in [0.5, 0.6) is 0 Å². The van der Waals surface area contributed by atoms with Crippen molar-refractivity contribution >= 4 is 29.5 Å². The van der Waals surface area contributed by atoms with E-state index in [0.29, 0.717) is 24.1 Å². The molecule has 2 aromatic rings. The normalized spacial score (nSPS) is 15.5. The van der Waals surface area contributed by atoms with Crippen LogP contribution in [0.4, 0.5) is 4.39 Å². The van der Waals surface area contributed by atoms with Gasteiger partial charge < -0.3 is 33.2 Å². The van der Waals surface area contributed by atoms with Crippen molar-refractivity contribution in [2.45, 2.75) is 69.4 Å². The van der Waals surface area contributed by atoms with Crippen LogP contribution in [-0.2, 0) is 20.8 Å². The van der Waals surface area contributed by atoms with Gasteiger partial charge in [0.1, 0.15) is 23.7 Å². The van der Waals surface area contributed by atoms with Crippen LogP contribution in [0.3, 0.4) is 0 Å². The lowest BCUT2D eigenvalue weighted by Crippen LogP contribution is -2.56. The molecular weight excluding hydrogens is 539 g/mol. The molecule has 3 atom stereocenters. The van der Waals surface area contributed by atoms with Gasteiger partial charge in [-0.15, -0.1) is 0 Å². The van der Waals surface area contributed by atoms with Crippen LogP contribution >= 0.6 is 0 Å². The minimum absolute atomic E-state index is 0.0771. The number of amidine groups is 1. The lowest BCUT2D eigenvalue weighted by atomic mass is 9.82. The van der Waals surface area contributed by atoms with Crippen LogP contribution in [0.1, 0.15) is 67.6 Å². The number of nitrogens with one attached hydrogen (secondary N) is 5. The number of halogens is 1. The van der Waals surface area contributed by atoms with Gasteiger partial charge in [0.05, 0.1) is 5.92 Å². The van der Waals surface area contributed by atoms with Gasteiger partial charge in [-0.25, -0.2) is 4.39 Å². The molecule has 11 nitrogen and oxygen atoms in total. The number of carbonyl (C=O) groups excluding carboxylic acids is 3. The number of amides is 3. The number of rotatable bonds is 14. The van der Waals surface area contributed by atoms with Crippen molar-refractivity contribution in [3.8, 4) is 0 Å². The molecule has 3 amide bonds. The second kappa shape index (κ2) is 15.5. The summed E-state index contributed by atoms with van der Waals surface area (Å²) in [6.07, 6.45) is 5.21. The Morgan fingerprint density at radius 2 is 1.62 bits per heavy atom. The van der Waals surface area contributed by atoms with E-state index in [1.165, 1.54) is 18.2 Å². The smallest absolute Gasteiger partial charge is 0.243 e. The summed E-state index contributed by atoms with van der Waals surface area (Å²) in [6.45, 7) is 0.334. The summed E-state index contributed by atoms with van der Waals surface area (Å²) in [5.41, 5.74) is 18.2. The van der Waals surface area contributed by atoms with Crippen LogP contribution in [0.2, 0.25) is 0 Å². The van der Waals surface area contributed by atoms with Crippen LogP contribution in [0, 0.1) is 22.6 Å². The maximum Gasteiger partial charge on any atom is 0.243 e. The summed E-state index contributed by atoms with van der Waals surface area (Å²) >= 11 is 0. The summed E-state index contributed by atoms with van der Waals surface area (Å²) in [7, 11) is 0. The fourth-order valence-electron chi connectivity index (χ4n) is 5.34. The van der Waals surface area contributed by atoms with Crippen LogP contribution in [-0.4, -0.2) is 48.1 Å². The van der Waals surface area contributed by atoms with Gasteiger partial charge in [-0.1, -0.05) is 55.7 Å². The lowest BCUT2D eigenvalue weighted by Gasteiger charge is -2.32. The molecule has 0 aromatic heterocycles. The fourth-order valence-corrected chi connectivity index (χ4v) is 5.34. The van der Waals surface area contributed by atoms with E-state index < -0.39 is 41.5 Å². The molecule has 0 spiro atoms. The quantitative estimate of drug-likeness (QED) is 0.0946. The van der Waals surface area contributed by atoms with Crippen molar-refractivity contribution in [2.24, 2.45) is 23.1 Å². The van der Waals surface area contributed by atoms with Gasteiger partial charge in [0, 0.05) is 12.1 Å². The molecule has 0 aliphatic heterocycles. The number of nitrogen functional groups attached to an aromatic ring is 1. The van der Waals surface area contributed by atoms with E-state index in [4.69, 9.17) is 28.0 Å². The monoisotopic (exact) mass is 580 g/mol. The average Bonchev–Trinajstić information content (AvgIpc) is 2.96. The molecule has 3 rings (SSSR count). The molecule has 0 bridgehead atoms. The first-order valence-corrected chi connectivity index (χ1v) is 14.2. The van der Waals surface area contributed by atoms with Crippen LogP contribution in [0.15, 0.2) is 48.5 Å². The SMILES string of the molecule is N=C(N)NCCCC(NC(=O)[C@@H](NC(=O)[C@@H](Cc1ccc(C(=N)N)cc1)c1cccc(F)c1)C1CCCCC1)C(N)=O. The van der Waals surface area contributed by atoms with Gasteiger partial charge in [-0.05, 0) is 61.3 Å². The zero-order valence-corrected chi connectivity index (χ0v) is 23.6. The highest BCUT2D eigenvalue weighted by Gasteiger charge is 2.35. The predicted octanol–water partition coefficient (Wildman–Crippen LogP) is 1.73. The largest absolute Gasteiger partial charge is 0.384 e.